The van der Waals surface area contributed by atoms with E-state index in [0.29, 0.717) is 0 Å². The summed E-state index contributed by atoms with van der Waals surface area (Å²) in [5.74, 6) is -0.208. The van der Waals surface area contributed by atoms with Crippen molar-refractivity contribution in [2.75, 3.05) is 0 Å². The lowest BCUT2D eigenvalue weighted by Crippen LogP contribution is -2.18. The van der Waals surface area contributed by atoms with Crippen LogP contribution in [-0.2, 0) is 0 Å². The third-order valence-corrected chi connectivity index (χ3v) is 0.857. The maximum Gasteiger partial charge on any atom is 0.141 e. The third-order valence-electron chi connectivity index (χ3n) is 0.857. The van der Waals surface area contributed by atoms with Gasteiger partial charge in [0.25, 0.3) is 0 Å². The first kappa shape index (κ1) is 8.62. The second-order valence-electron chi connectivity index (χ2n) is 1.71. The predicted octanol–water partition coefficient (Wildman–Crippen LogP) is 1.07. The summed E-state index contributed by atoms with van der Waals surface area (Å²) < 4.78 is 0. The van der Waals surface area contributed by atoms with Gasteiger partial charge in [-0.05, 0) is 13.0 Å². The lowest BCUT2D eigenvalue weighted by atomic mass is 10.3. The van der Waals surface area contributed by atoms with Crippen LogP contribution in [0.2, 0.25) is 0 Å². The largest absolute Gasteiger partial charge is 0.382 e. The van der Waals surface area contributed by atoms with Gasteiger partial charge in [-0.3, -0.25) is 10.8 Å². The maximum atomic E-state index is 7.05. The van der Waals surface area contributed by atoms with Crippen molar-refractivity contribution >= 4 is 11.5 Å². The Balaban J connectivity index is 3.90. The Morgan fingerprint density at radius 1 is 1.30 bits per heavy atom. The molecule has 0 bridgehead atoms. The molecule has 10 heavy (non-hydrogen) atoms. The number of amidine groups is 1. The van der Waals surface area contributed by atoms with Gasteiger partial charge in [0.15, 0.2) is 0 Å². The summed E-state index contributed by atoms with van der Waals surface area (Å²) in [6.45, 7) is 1.88. The lowest BCUT2D eigenvalue weighted by Gasteiger charge is -1.88. The Labute approximate surface area is 60.3 Å². The summed E-state index contributed by atoms with van der Waals surface area (Å²) in [4.78, 5) is 0. The zero-order chi connectivity index (χ0) is 7.98. The molecule has 0 amide bonds. The summed E-state index contributed by atoms with van der Waals surface area (Å²) in [6, 6.07) is 0. The van der Waals surface area contributed by atoms with Crippen molar-refractivity contribution in [3.8, 4) is 0 Å². The van der Waals surface area contributed by atoms with E-state index in [-0.39, 0.29) is 11.5 Å². The van der Waals surface area contributed by atoms with E-state index in [1.807, 2.05) is 13.0 Å². The molecule has 0 atom stereocenters. The normalized spacial score (nSPS) is 10.9. The lowest BCUT2D eigenvalue weighted by molar-refractivity contribution is 1.45. The fourth-order valence-electron chi connectivity index (χ4n) is 0.353. The molecule has 0 aliphatic rings. The predicted molar refractivity (Wildman–Crippen MR) is 43.6 cm³/mol. The average molecular weight is 137 g/mol. The van der Waals surface area contributed by atoms with Crippen LogP contribution in [0.1, 0.15) is 6.92 Å². The number of nitrogens with two attached hydrogens (primary N) is 1. The van der Waals surface area contributed by atoms with Crippen LogP contribution in [0.25, 0.3) is 0 Å². The van der Waals surface area contributed by atoms with Gasteiger partial charge in [0.1, 0.15) is 5.84 Å². The van der Waals surface area contributed by atoms with Crippen LogP contribution in [-0.4, -0.2) is 11.5 Å². The molecule has 0 aliphatic heterocycles. The minimum Gasteiger partial charge on any atom is -0.382 e. The van der Waals surface area contributed by atoms with Crippen LogP contribution < -0.4 is 5.73 Å². The van der Waals surface area contributed by atoms with Crippen molar-refractivity contribution in [2.45, 2.75) is 6.92 Å². The minimum atomic E-state index is -0.208. The minimum absolute atomic E-state index is 0.0399. The number of nitrogens with one attached hydrogen (secondary N) is 2. The van der Waals surface area contributed by atoms with Crippen molar-refractivity contribution in [1.82, 2.24) is 0 Å². The Kier molecular flexibility index (Phi) is 3.87. The van der Waals surface area contributed by atoms with Gasteiger partial charge in [0, 0.05) is 0 Å². The molecule has 0 aromatic rings. The first-order chi connectivity index (χ1) is 4.68. The monoisotopic (exact) mass is 137 g/mol. The van der Waals surface area contributed by atoms with Crippen LogP contribution in [0.5, 0.6) is 0 Å². The van der Waals surface area contributed by atoms with Crippen LogP contribution in [0.4, 0.5) is 0 Å². The highest BCUT2D eigenvalue weighted by Crippen LogP contribution is 1.79. The van der Waals surface area contributed by atoms with E-state index >= 15 is 0 Å². The topological polar surface area (TPSA) is 73.7 Å². The molecule has 0 aromatic heterocycles. The summed E-state index contributed by atoms with van der Waals surface area (Å²) >= 11 is 0. The standard InChI is InChI=1S/C7H11N3/c1-2-3-4-5-6(8)7(9)10/h2-5,8H,1H3,(H3,9,10)/b3-2-,5-4-,8-6?. The molecular formula is C7H11N3. The van der Waals surface area contributed by atoms with E-state index in [1.165, 1.54) is 6.08 Å². The molecule has 0 aromatic carbocycles. The van der Waals surface area contributed by atoms with E-state index in [0.717, 1.165) is 0 Å². The van der Waals surface area contributed by atoms with Crippen molar-refractivity contribution in [3.63, 3.8) is 0 Å². The molecule has 0 radical (unpaired) electrons. The number of hydrogen-bond donors (Lipinski definition) is 3. The molecule has 0 aliphatic carbocycles. The molecule has 0 heterocycles. The second kappa shape index (κ2) is 4.49. The van der Waals surface area contributed by atoms with Gasteiger partial charge in [-0.15, -0.1) is 0 Å². The van der Waals surface area contributed by atoms with Gasteiger partial charge >= 0.3 is 0 Å². The van der Waals surface area contributed by atoms with Crippen LogP contribution in [0, 0.1) is 10.8 Å². The van der Waals surface area contributed by atoms with Gasteiger partial charge in [-0.25, -0.2) is 0 Å². The first-order valence-electron chi connectivity index (χ1n) is 2.90. The molecule has 54 valence electrons. The average Bonchev–Trinajstić information content (AvgIpc) is 1.88. The fraction of sp³-hybridized carbons (Fsp3) is 0.143. The SMILES string of the molecule is C/C=C\C=C/C(=N)C(=N)N. The van der Waals surface area contributed by atoms with Crippen LogP contribution >= 0.6 is 0 Å². The Morgan fingerprint density at radius 3 is 2.30 bits per heavy atom. The number of rotatable bonds is 3. The highest BCUT2D eigenvalue weighted by Gasteiger charge is 1.90. The summed E-state index contributed by atoms with van der Waals surface area (Å²) in [7, 11) is 0. The van der Waals surface area contributed by atoms with E-state index in [4.69, 9.17) is 16.6 Å². The van der Waals surface area contributed by atoms with E-state index in [9.17, 15) is 0 Å². The summed E-state index contributed by atoms with van der Waals surface area (Å²) in [5.41, 5.74) is 5.04. The number of hydrogen-bond acceptors (Lipinski definition) is 2. The molecular weight excluding hydrogens is 126 g/mol. The smallest absolute Gasteiger partial charge is 0.141 e. The second-order valence-corrected chi connectivity index (χ2v) is 1.71. The molecule has 0 saturated heterocycles. The molecule has 0 unspecified atom stereocenters. The summed E-state index contributed by atoms with van der Waals surface area (Å²) in [6.07, 6.45) is 6.76. The van der Waals surface area contributed by atoms with Gasteiger partial charge in [-0.2, -0.15) is 0 Å². The van der Waals surface area contributed by atoms with Crippen LogP contribution in [0.3, 0.4) is 0 Å². The highest BCUT2D eigenvalue weighted by molar-refractivity contribution is 6.42. The summed E-state index contributed by atoms with van der Waals surface area (Å²) in [5, 5.41) is 13.9. The van der Waals surface area contributed by atoms with Gasteiger partial charge in [0.05, 0.1) is 5.71 Å². The Morgan fingerprint density at radius 2 is 1.90 bits per heavy atom. The maximum absolute atomic E-state index is 7.05. The van der Waals surface area contributed by atoms with Crippen molar-refractivity contribution in [1.29, 1.82) is 10.8 Å². The van der Waals surface area contributed by atoms with Crippen molar-refractivity contribution in [3.05, 3.63) is 24.3 Å². The van der Waals surface area contributed by atoms with Crippen LogP contribution in [0.15, 0.2) is 24.3 Å². The van der Waals surface area contributed by atoms with E-state index in [2.05, 4.69) is 0 Å². The molecule has 0 rings (SSSR count). The molecule has 3 heteroatoms. The Hall–Kier alpha value is -1.38. The zero-order valence-corrected chi connectivity index (χ0v) is 5.89. The third kappa shape index (κ3) is 3.60. The quantitative estimate of drug-likeness (QED) is 0.304. The zero-order valence-electron chi connectivity index (χ0n) is 5.89. The van der Waals surface area contributed by atoms with Gasteiger partial charge in [0.2, 0.25) is 0 Å². The first-order valence-corrected chi connectivity index (χ1v) is 2.90. The fourth-order valence-corrected chi connectivity index (χ4v) is 0.353. The van der Waals surface area contributed by atoms with Crippen molar-refractivity contribution in [2.24, 2.45) is 5.73 Å². The molecule has 0 saturated carbocycles. The molecule has 3 nitrogen and oxygen atoms in total. The Bertz CT molecular complexity index is 189. The van der Waals surface area contributed by atoms with Crippen molar-refractivity contribution < 1.29 is 0 Å². The van der Waals surface area contributed by atoms with Gasteiger partial charge < -0.3 is 5.73 Å². The molecule has 0 spiro atoms. The van der Waals surface area contributed by atoms with E-state index in [1.54, 1.807) is 12.2 Å². The van der Waals surface area contributed by atoms with Gasteiger partial charge in [-0.1, -0.05) is 18.2 Å². The molecule has 0 fully saturated rings. The number of allylic oxidation sites excluding steroid dienone is 3. The highest BCUT2D eigenvalue weighted by atomic mass is 14.7. The van der Waals surface area contributed by atoms with E-state index < -0.39 is 0 Å². The molecule has 4 N–H and O–H groups in total.